The molecule has 1 aliphatic carbocycles. The second kappa shape index (κ2) is 6.07. The molecular weight excluding hydrogens is 256 g/mol. The third kappa shape index (κ3) is 3.37. The molecular formula is C14H22N4O2. The number of carbonyl (C=O) groups excluding carboxylic acids is 2. The summed E-state index contributed by atoms with van der Waals surface area (Å²) in [5, 5.41) is 6.78. The number of primary amides is 1. The number of aryl methyl sites for hydroxylation is 1. The number of hydrogen-bond donors (Lipinski definition) is 2. The summed E-state index contributed by atoms with van der Waals surface area (Å²) in [6.45, 7) is 1.92. The third-order valence-electron chi connectivity index (χ3n) is 3.95. The predicted molar refractivity (Wildman–Crippen MR) is 76.1 cm³/mol. The molecule has 0 radical (unpaired) electrons. The van der Waals surface area contributed by atoms with Gasteiger partial charge >= 0.3 is 0 Å². The number of aromatic nitrogens is 2. The Kier molecular flexibility index (Phi) is 4.42. The topological polar surface area (TPSA) is 90.0 Å². The monoisotopic (exact) mass is 278 g/mol. The average Bonchev–Trinajstić information content (AvgIpc) is 2.98. The van der Waals surface area contributed by atoms with E-state index in [-0.39, 0.29) is 23.2 Å². The molecule has 110 valence electrons. The van der Waals surface area contributed by atoms with E-state index >= 15 is 0 Å². The number of carbonyl (C=O) groups is 2. The van der Waals surface area contributed by atoms with Gasteiger partial charge in [0.15, 0.2) is 5.82 Å². The Hall–Kier alpha value is -1.85. The SMILES string of the molecule is CC(CC1CCCC1)C(=O)Nc1nn(C)cc1C(N)=O. The van der Waals surface area contributed by atoms with Gasteiger partial charge in [-0.2, -0.15) is 5.10 Å². The standard InChI is InChI=1S/C14H22N4O2/c1-9(7-10-5-3-4-6-10)14(20)16-13-11(12(15)19)8-18(2)17-13/h8-10H,3-7H2,1-2H3,(H2,15,19)(H,16,17,20). The van der Waals surface area contributed by atoms with Gasteiger partial charge in [-0.25, -0.2) is 0 Å². The van der Waals surface area contributed by atoms with Gasteiger partial charge in [-0.3, -0.25) is 14.3 Å². The van der Waals surface area contributed by atoms with Crippen LogP contribution in [0.4, 0.5) is 5.82 Å². The molecule has 1 unspecified atom stereocenters. The summed E-state index contributed by atoms with van der Waals surface area (Å²) in [5.41, 5.74) is 5.51. The number of nitrogens with two attached hydrogens (primary N) is 1. The van der Waals surface area contributed by atoms with Gasteiger partial charge in [-0.1, -0.05) is 32.6 Å². The lowest BCUT2D eigenvalue weighted by molar-refractivity contribution is -0.119. The van der Waals surface area contributed by atoms with Crippen LogP contribution in [0.15, 0.2) is 6.20 Å². The van der Waals surface area contributed by atoms with Crippen molar-refractivity contribution in [3.05, 3.63) is 11.8 Å². The lowest BCUT2D eigenvalue weighted by Crippen LogP contribution is -2.24. The van der Waals surface area contributed by atoms with Crippen molar-refractivity contribution in [2.45, 2.75) is 39.0 Å². The fourth-order valence-corrected chi connectivity index (χ4v) is 2.85. The van der Waals surface area contributed by atoms with Gasteiger partial charge in [0.05, 0.1) is 0 Å². The first-order chi connectivity index (χ1) is 9.47. The van der Waals surface area contributed by atoms with Crippen LogP contribution in [-0.4, -0.2) is 21.6 Å². The first-order valence-corrected chi connectivity index (χ1v) is 7.11. The molecule has 1 fully saturated rings. The van der Waals surface area contributed by atoms with Gasteiger partial charge in [0.25, 0.3) is 5.91 Å². The minimum absolute atomic E-state index is 0.0826. The molecule has 1 atom stereocenters. The Labute approximate surface area is 118 Å². The molecule has 6 nitrogen and oxygen atoms in total. The highest BCUT2D eigenvalue weighted by Gasteiger charge is 2.23. The number of nitrogens with one attached hydrogen (secondary N) is 1. The lowest BCUT2D eigenvalue weighted by atomic mass is 9.94. The maximum Gasteiger partial charge on any atom is 0.254 e. The molecule has 0 aliphatic heterocycles. The van der Waals surface area contributed by atoms with E-state index in [0.29, 0.717) is 5.92 Å². The van der Waals surface area contributed by atoms with E-state index in [1.54, 1.807) is 7.05 Å². The van der Waals surface area contributed by atoms with E-state index in [1.807, 2.05) is 6.92 Å². The average molecular weight is 278 g/mol. The molecule has 3 N–H and O–H groups in total. The van der Waals surface area contributed by atoms with Gasteiger partial charge in [-0.15, -0.1) is 0 Å². The van der Waals surface area contributed by atoms with Crippen molar-refractivity contribution in [3.8, 4) is 0 Å². The highest BCUT2D eigenvalue weighted by molar-refractivity contribution is 6.02. The second-order valence-electron chi connectivity index (χ2n) is 5.71. The first-order valence-electron chi connectivity index (χ1n) is 7.11. The highest BCUT2D eigenvalue weighted by Crippen LogP contribution is 2.30. The van der Waals surface area contributed by atoms with Crippen molar-refractivity contribution in [1.29, 1.82) is 0 Å². The van der Waals surface area contributed by atoms with Crippen LogP contribution in [0.5, 0.6) is 0 Å². The van der Waals surface area contributed by atoms with Crippen LogP contribution in [-0.2, 0) is 11.8 Å². The summed E-state index contributed by atoms with van der Waals surface area (Å²) in [7, 11) is 1.68. The van der Waals surface area contributed by atoms with Crippen LogP contribution < -0.4 is 11.1 Å². The molecule has 0 spiro atoms. The van der Waals surface area contributed by atoms with Crippen LogP contribution in [0, 0.1) is 11.8 Å². The van der Waals surface area contributed by atoms with Gasteiger partial charge in [0, 0.05) is 19.2 Å². The van der Waals surface area contributed by atoms with Crippen molar-refractivity contribution in [2.24, 2.45) is 24.6 Å². The molecule has 2 rings (SSSR count). The molecule has 1 aliphatic rings. The van der Waals surface area contributed by atoms with E-state index in [4.69, 9.17) is 5.73 Å². The molecule has 0 aromatic carbocycles. The fraction of sp³-hybridized carbons (Fsp3) is 0.643. The molecule has 0 saturated heterocycles. The Balaban J connectivity index is 1.98. The van der Waals surface area contributed by atoms with E-state index in [9.17, 15) is 9.59 Å². The van der Waals surface area contributed by atoms with E-state index in [1.165, 1.54) is 36.6 Å². The summed E-state index contributed by atoms with van der Waals surface area (Å²) in [6, 6.07) is 0. The molecule has 2 amide bonds. The zero-order valence-corrected chi connectivity index (χ0v) is 12.1. The highest BCUT2D eigenvalue weighted by atomic mass is 16.2. The number of hydrogen-bond acceptors (Lipinski definition) is 3. The smallest absolute Gasteiger partial charge is 0.254 e. The van der Waals surface area contributed by atoms with Crippen molar-refractivity contribution < 1.29 is 9.59 Å². The molecule has 1 aromatic heterocycles. The summed E-state index contributed by atoms with van der Waals surface area (Å²) in [4.78, 5) is 23.5. The van der Waals surface area contributed by atoms with Gasteiger partial charge in [-0.05, 0) is 12.3 Å². The van der Waals surface area contributed by atoms with Crippen molar-refractivity contribution in [3.63, 3.8) is 0 Å². The van der Waals surface area contributed by atoms with Gasteiger partial charge in [0.1, 0.15) is 5.56 Å². The predicted octanol–water partition coefficient (Wildman–Crippen LogP) is 1.67. The van der Waals surface area contributed by atoms with Gasteiger partial charge < -0.3 is 11.1 Å². The minimum atomic E-state index is -0.586. The minimum Gasteiger partial charge on any atom is -0.365 e. The van der Waals surface area contributed by atoms with Gasteiger partial charge in [0.2, 0.25) is 5.91 Å². The Morgan fingerprint density at radius 2 is 2.15 bits per heavy atom. The third-order valence-corrected chi connectivity index (χ3v) is 3.95. The van der Waals surface area contributed by atoms with Crippen molar-refractivity contribution >= 4 is 17.6 Å². The molecule has 20 heavy (non-hydrogen) atoms. The lowest BCUT2D eigenvalue weighted by Gasteiger charge is -2.15. The maximum absolute atomic E-state index is 12.2. The second-order valence-corrected chi connectivity index (χ2v) is 5.71. The van der Waals surface area contributed by atoms with E-state index in [0.717, 1.165) is 6.42 Å². The summed E-state index contributed by atoms with van der Waals surface area (Å²) in [5.74, 6) is 0.133. The van der Waals surface area contributed by atoms with E-state index < -0.39 is 5.91 Å². The first kappa shape index (κ1) is 14.6. The van der Waals surface area contributed by atoms with Crippen LogP contribution in [0.2, 0.25) is 0 Å². The zero-order chi connectivity index (χ0) is 14.7. The van der Waals surface area contributed by atoms with Crippen LogP contribution in [0.25, 0.3) is 0 Å². The molecule has 1 heterocycles. The number of amides is 2. The summed E-state index contributed by atoms with van der Waals surface area (Å²) in [6.07, 6.45) is 7.38. The normalized spacial score (nSPS) is 17.1. The van der Waals surface area contributed by atoms with Crippen molar-refractivity contribution in [1.82, 2.24) is 9.78 Å². The van der Waals surface area contributed by atoms with Crippen LogP contribution >= 0.6 is 0 Å². The van der Waals surface area contributed by atoms with Crippen molar-refractivity contribution in [2.75, 3.05) is 5.32 Å². The molecule has 0 bridgehead atoms. The Morgan fingerprint density at radius 3 is 2.75 bits per heavy atom. The number of anilines is 1. The van der Waals surface area contributed by atoms with E-state index in [2.05, 4.69) is 10.4 Å². The Morgan fingerprint density at radius 1 is 1.50 bits per heavy atom. The number of rotatable bonds is 5. The zero-order valence-electron chi connectivity index (χ0n) is 12.1. The molecule has 6 heteroatoms. The molecule has 1 saturated carbocycles. The Bertz CT molecular complexity index is 503. The summed E-state index contributed by atoms with van der Waals surface area (Å²) >= 11 is 0. The fourth-order valence-electron chi connectivity index (χ4n) is 2.85. The number of nitrogens with zero attached hydrogens (tertiary/aromatic N) is 2. The molecule has 1 aromatic rings. The maximum atomic E-state index is 12.2. The van der Waals surface area contributed by atoms with Crippen LogP contribution in [0.3, 0.4) is 0 Å². The van der Waals surface area contributed by atoms with Crippen LogP contribution in [0.1, 0.15) is 49.4 Å². The largest absolute Gasteiger partial charge is 0.365 e. The quantitative estimate of drug-likeness (QED) is 0.858. The summed E-state index contributed by atoms with van der Waals surface area (Å²) < 4.78 is 1.47.